The molecule has 19 heavy (non-hydrogen) atoms. The molecule has 1 heterocycles. The lowest BCUT2D eigenvalue weighted by atomic mass is 9.92. The predicted octanol–water partition coefficient (Wildman–Crippen LogP) is 1.92. The Bertz CT molecular complexity index is 565. The van der Waals surface area contributed by atoms with Crippen LogP contribution in [0.1, 0.15) is 19.4 Å². The minimum atomic E-state index is -1.05. The second-order valence-electron chi connectivity index (χ2n) is 4.30. The third kappa shape index (κ3) is 2.31. The van der Waals surface area contributed by atoms with Gasteiger partial charge in [-0.25, -0.2) is 9.78 Å². The van der Waals surface area contributed by atoms with E-state index in [9.17, 15) is 9.90 Å². The number of nitrogens with zero attached hydrogens (tertiary/aromatic N) is 2. The Hall–Kier alpha value is -2.30. The summed E-state index contributed by atoms with van der Waals surface area (Å²) in [6.07, 6.45) is 2.82. The molecule has 5 nitrogen and oxygen atoms in total. The fourth-order valence-electron chi connectivity index (χ4n) is 1.96. The van der Waals surface area contributed by atoms with Gasteiger partial charge in [0.2, 0.25) is 5.88 Å². The van der Waals surface area contributed by atoms with Gasteiger partial charge in [-0.3, -0.25) is 0 Å². The SMILES string of the molecule is CCOC(=O)C(C)(c1ccccc1)n1cnc(O)c1. The molecular weight excluding hydrogens is 244 g/mol. The third-order valence-corrected chi connectivity index (χ3v) is 3.09. The summed E-state index contributed by atoms with van der Waals surface area (Å²) >= 11 is 0. The number of aromatic nitrogens is 2. The summed E-state index contributed by atoms with van der Waals surface area (Å²) in [5.41, 5.74) is -0.281. The van der Waals surface area contributed by atoms with Gasteiger partial charge in [-0.1, -0.05) is 30.3 Å². The fourth-order valence-corrected chi connectivity index (χ4v) is 1.96. The molecule has 1 aromatic heterocycles. The van der Waals surface area contributed by atoms with E-state index >= 15 is 0 Å². The summed E-state index contributed by atoms with van der Waals surface area (Å²) in [6.45, 7) is 3.79. The highest BCUT2D eigenvalue weighted by atomic mass is 16.5. The van der Waals surface area contributed by atoms with Crippen LogP contribution in [0.25, 0.3) is 0 Å². The molecule has 1 unspecified atom stereocenters. The molecule has 0 saturated carbocycles. The topological polar surface area (TPSA) is 64.4 Å². The van der Waals surface area contributed by atoms with Gasteiger partial charge in [-0.2, -0.15) is 0 Å². The Morgan fingerprint density at radius 2 is 2.11 bits per heavy atom. The molecule has 1 atom stereocenters. The van der Waals surface area contributed by atoms with Crippen molar-refractivity contribution in [3.8, 4) is 5.88 Å². The maximum absolute atomic E-state index is 12.3. The van der Waals surface area contributed by atoms with Crippen molar-refractivity contribution in [3.63, 3.8) is 0 Å². The second-order valence-corrected chi connectivity index (χ2v) is 4.30. The number of ether oxygens (including phenoxy) is 1. The van der Waals surface area contributed by atoms with Crippen LogP contribution in [0.3, 0.4) is 0 Å². The molecule has 0 aliphatic rings. The van der Waals surface area contributed by atoms with E-state index < -0.39 is 11.5 Å². The molecule has 100 valence electrons. The van der Waals surface area contributed by atoms with E-state index in [2.05, 4.69) is 4.98 Å². The summed E-state index contributed by atoms with van der Waals surface area (Å²) in [5, 5.41) is 9.39. The molecular formula is C14H16N2O3. The summed E-state index contributed by atoms with van der Waals surface area (Å²) in [7, 11) is 0. The molecule has 0 aliphatic carbocycles. The zero-order valence-electron chi connectivity index (χ0n) is 10.9. The van der Waals surface area contributed by atoms with Crippen LogP contribution in [-0.2, 0) is 15.1 Å². The molecule has 0 bridgehead atoms. The molecule has 0 spiro atoms. The monoisotopic (exact) mass is 260 g/mol. The largest absolute Gasteiger partial charge is 0.492 e. The Balaban J connectivity index is 2.53. The highest BCUT2D eigenvalue weighted by molar-refractivity contribution is 5.82. The van der Waals surface area contributed by atoms with Crippen LogP contribution in [-0.4, -0.2) is 27.2 Å². The molecule has 0 fully saturated rings. The van der Waals surface area contributed by atoms with E-state index in [1.54, 1.807) is 18.4 Å². The smallest absolute Gasteiger partial charge is 0.336 e. The van der Waals surface area contributed by atoms with Crippen LogP contribution >= 0.6 is 0 Å². The average Bonchev–Trinajstić information content (AvgIpc) is 2.86. The van der Waals surface area contributed by atoms with Gasteiger partial charge in [0.05, 0.1) is 12.8 Å². The van der Waals surface area contributed by atoms with Crippen LogP contribution in [0, 0.1) is 0 Å². The van der Waals surface area contributed by atoms with Gasteiger partial charge < -0.3 is 14.4 Å². The van der Waals surface area contributed by atoms with Gasteiger partial charge in [0.1, 0.15) is 6.33 Å². The zero-order valence-corrected chi connectivity index (χ0v) is 10.9. The normalized spacial score (nSPS) is 13.8. The van der Waals surface area contributed by atoms with Crippen molar-refractivity contribution in [2.45, 2.75) is 19.4 Å². The molecule has 0 saturated heterocycles. The number of esters is 1. The highest BCUT2D eigenvalue weighted by Gasteiger charge is 2.38. The van der Waals surface area contributed by atoms with Gasteiger partial charge in [-0.15, -0.1) is 0 Å². The van der Waals surface area contributed by atoms with Crippen molar-refractivity contribution >= 4 is 5.97 Å². The highest BCUT2D eigenvalue weighted by Crippen LogP contribution is 2.28. The molecule has 0 aliphatic heterocycles. The van der Waals surface area contributed by atoms with E-state index in [1.807, 2.05) is 30.3 Å². The van der Waals surface area contributed by atoms with E-state index in [0.29, 0.717) is 6.61 Å². The first-order chi connectivity index (χ1) is 9.09. The van der Waals surface area contributed by atoms with E-state index in [0.717, 1.165) is 5.56 Å². The number of rotatable bonds is 4. The second kappa shape index (κ2) is 5.14. The quantitative estimate of drug-likeness (QED) is 0.853. The number of carbonyl (C=O) groups excluding carboxylic acids is 1. The number of hydrogen-bond donors (Lipinski definition) is 1. The predicted molar refractivity (Wildman–Crippen MR) is 69.7 cm³/mol. The standard InChI is InChI=1S/C14H16N2O3/c1-3-19-13(18)14(2,11-7-5-4-6-8-11)16-9-12(17)15-10-16/h4-10,17H,3H2,1-2H3. The van der Waals surface area contributed by atoms with Crippen LogP contribution < -0.4 is 0 Å². The van der Waals surface area contributed by atoms with Crippen molar-refractivity contribution in [2.75, 3.05) is 6.61 Å². The maximum Gasteiger partial charge on any atom is 0.336 e. The Labute approximate surface area is 111 Å². The van der Waals surface area contributed by atoms with Crippen LogP contribution in [0.4, 0.5) is 0 Å². The lowest BCUT2D eigenvalue weighted by Gasteiger charge is -2.29. The fraction of sp³-hybridized carbons (Fsp3) is 0.286. The number of hydrogen-bond acceptors (Lipinski definition) is 4. The Kier molecular flexibility index (Phi) is 3.55. The average molecular weight is 260 g/mol. The zero-order chi connectivity index (χ0) is 13.9. The molecule has 1 aromatic carbocycles. The van der Waals surface area contributed by atoms with Crippen LogP contribution in [0.5, 0.6) is 5.88 Å². The van der Waals surface area contributed by atoms with E-state index in [-0.39, 0.29) is 5.88 Å². The molecule has 2 rings (SSSR count). The lowest BCUT2D eigenvalue weighted by molar-refractivity contribution is -0.150. The van der Waals surface area contributed by atoms with Crippen molar-refractivity contribution in [2.24, 2.45) is 0 Å². The van der Waals surface area contributed by atoms with Crippen molar-refractivity contribution in [1.82, 2.24) is 9.55 Å². The number of aromatic hydroxyl groups is 1. The number of benzene rings is 1. The molecule has 0 amide bonds. The van der Waals surface area contributed by atoms with E-state index in [1.165, 1.54) is 12.5 Å². The minimum absolute atomic E-state index is 0.133. The Morgan fingerprint density at radius 3 is 2.63 bits per heavy atom. The number of carbonyl (C=O) groups is 1. The molecule has 0 radical (unpaired) electrons. The first-order valence-electron chi connectivity index (χ1n) is 6.05. The van der Waals surface area contributed by atoms with Crippen LogP contribution in [0.15, 0.2) is 42.9 Å². The van der Waals surface area contributed by atoms with Gasteiger partial charge in [0.25, 0.3) is 0 Å². The third-order valence-electron chi connectivity index (χ3n) is 3.09. The van der Waals surface area contributed by atoms with Crippen molar-refractivity contribution in [3.05, 3.63) is 48.4 Å². The lowest BCUT2D eigenvalue weighted by Crippen LogP contribution is -2.40. The number of imidazole rings is 1. The van der Waals surface area contributed by atoms with Gasteiger partial charge in [0, 0.05) is 0 Å². The Morgan fingerprint density at radius 1 is 1.42 bits per heavy atom. The van der Waals surface area contributed by atoms with Crippen molar-refractivity contribution < 1.29 is 14.6 Å². The van der Waals surface area contributed by atoms with Gasteiger partial charge in [0.15, 0.2) is 5.54 Å². The molecule has 5 heteroatoms. The van der Waals surface area contributed by atoms with E-state index in [4.69, 9.17) is 4.74 Å². The minimum Gasteiger partial charge on any atom is -0.492 e. The molecule has 2 aromatic rings. The maximum atomic E-state index is 12.3. The van der Waals surface area contributed by atoms with Crippen LogP contribution in [0.2, 0.25) is 0 Å². The van der Waals surface area contributed by atoms with Gasteiger partial charge >= 0.3 is 5.97 Å². The first kappa shape index (κ1) is 13.1. The summed E-state index contributed by atoms with van der Waals surface area (Å²) in [4.78, 5) is 16.1. The van der Waals surface area contributed by atoms with Crippen molar-refractivity contribution in [1.29, 1.82) is 0 Å². The summed E-state index contributed by atoms with van der Waals surface area (Å²) < 4.78 is 6.71. The van der Waals surface area contributed by atoms with Gasteiger partial charge in [-0.05, 0) is 19.4 Å². The first-order valence-corrected chi connectivity index (χ1v) is 6.05. The summed E-state index contributed by atoms with van der Waals surface area (Å²) in [6, 6.07) is 9.26. The summed E-state index contributed by atoms with van der Waals surface area (Å²) in [5.74, 6) is -0.523. The molecule has 1 N–H and O–H groups in total.